The number of primary amides is 1. The minimum absolute atomic E-state index is 0. The molecule has 1 atom stereocenters. The fourth-order valence-corrected chi connectivity index (χ4v) is 2.65. The molecule has 1 amide bonds. The van der Waals surface area contributed by atoms with Gasteiger partial charge in [-0.05, 0) is 49.2 Å². The van der Waals surface area contributed by atoms with Gasteiger partial charge in [0.05, 0.1) is 18.2 Å². The highest BCUT2D eigenvalue weighted by Crippen LogP contribution is 2.30. The largest absolute Gasteiger partial charge is 0.484 e. The van der Waals surface area contributed by atoms with Crippen LogP contribution in [0.2, 0.25) is 0 Å². The van der Waals surface area contributed by atoms with E-state index in [1.54, 1.807) is 31.2 Å². The molecule has 6 nitrogen and oxygen atoms in total. The summed E-state index contributed by atoms with van der Waals surface area (Å²) in [4.78, 5) is 15.3. The first kappa shape index (κ1) is 26.5. The highest BCUT2D eigenvalue weighted by atomic mass is 127. The Morgan fingerprint density at radius 1 is 1.19 bits per heavy atom. The van der Waals surface area contributed by atoms with E-state index in [4.69, 9.17) is 10.5 Å². The van der Waals surface area contributed by atoms with Crippen molar-refractivity contribution in [2.24, 2.45) is 10.7 Å². The zero-order valence-corrected chi connectivity index (χ0v) is 19.5. The lowest BCUT2D eigenvalue weighted by Crippen LogP contribution is -2.38. The summed E-state index contributed by atoms with van der Waals surface area (Å²) in [5.74, 6) is 0.392. The molecule has 0 fully saturated rings. The Bertz CT molecular complexity index is 891. The van der Waals surface area contributed by atoms with Gasteiger partial charge in [0.25, 0.3) is 5.91 Å². The Labute approximate surface area is 196 Å². The van der Waals surface area contributed by atoms with Gasteiger partial charge >= 0.3 is 6.18 Å². The second kappa shape index (κ2) is 12.4. The molecular formula is C21H26F3IN4O2. The summed E-state index contributed by atoms with van der Waals surface area (Å²) < 4.78 is 44.2. The van der Waals surface area contributed by atoms with Crippen LogP contribution in [0.25, 0.3) is 0 Å². The van der Waals surface area contributed by atoms with Gasteiger partial charge in [-0.15, -0.1) is 24.0 Å². The average molecular weight is 550 g/mol. The van der Waals surface area contributed by atoms with Gasteiger partial charge in [-0.25, -0.2) is 4.99 Å². The quantitative estimate of drug-likeness (QED) is 0.264. The number of benzene rings is 2. The Hall–Kier alpha value is -2.50. The van der Waals surface area contributed by atoms with Crippen molar-refractivity contribution in [2.75, 3.05) is 13.2 Å². The SMILES string of the molecule is CCNC(=NCc1cccc(OCC(N)=O)c1)NC(C)c1cccc(C(F)(F)F)c1.I. The number of rotatable bonds is 8. The minimum atomic E-state index is -4.39. The van der Waals surface area contributed by atoms with Crippen LogP contribution >= 0.6 is 24.0 Å². The number of carbonyl (C=O) groups is 1. The summed E-state index contributed by atoms with van der Waals surface area (Å²) in [6.45, 7) is 4.33. The molecule has 0 aliphatic rings. The van der Waals surface area contributed by atoms with Gasteiger partial charge in [0.15, 0.2) is 12.6 Å². The van der Waals surface area contributed by atoms with Gasteiger partial charge in [0.2, 0.25) is 0 Å². The molecule has 0 radical (unpaired) electrons. The van der Waals surface area contributed by atoms with Crippen LogP contribution in [-0.4, -0.2) is 25.0 Å². The molecule has 0 spiro atoms. The number of carbonyl (C=O) groups excluding carboxylic acids is 1. The van der Waals surface area contributed by atoms with Crippen LogP contribution in [0, 0.1) is 0 Å². The molecule has 0 aliphatic carbocycles. The summed E-state index contributed by atoms with van der Waals surface area (Å²) in [6, 6.07) is 11.9. The number of hydrogen-bond acceptors (Lipinski definition) is 3. The van der Waals surface area contributed by atoms with E-state index in [2.05, 4.69) is 15.6 Å². The van der Waals surface area contributed by atoms with Crippen molar-refractivity contribution < 1.29 is 22.7 Å². The summed E-state index contributed by atoms with van der Waals surface area (Å²) >= 11 is 0. The third kappa shape index (κ3) is 9.03. The first-order chi connectivity index (χ1) is 14.2. The Balaban J connectivity index is 0.00000480. The van der Waals surface area contributed by atoms with Gasteiger partial charge in [-0.1, -0.05) is 24.3 Å². The monoisotopic (exact) mass is 550 g/mol. The number of hydrogen-bond donors (Lipinski definition) is 3. The van der Waals surface area contributed by atoms with Gasteiger partial charge in [0.1, 0.15) is 5.75 Å². The van der Waals surface area contributed by atoms with Crippen LogP contribution in [-0.2, 0) is 17.5 Å². The van der Waals surface area contributed by atoms with Crippen molar-refractivity contribution in [3.8, 4) is 5.75 Å². The van der Waals surface area contributed by atoms with Crippen LogP contribution in [0.15, 0.2) is 53.5 Å². The van der Waals surface area contributed by atoms with E-state index in [1.165, 1.54) is 6.07 Å². The fourth-order valence-electron chi connectivity index (χ4n) is 2.65. The Kier molecular flexibility index (Phi) is 10.6. The predicted molar refractivity (Wildman–Crippen MR) is 124 cm³/mol. The van der Waals surface area contributed by atoms with E-state index < -0.39 is 23.7 Å². The number of nitrogens with zero attached hydrogens (tertiary/aromatic N) is 1. The smallest absolute Gasteiger partial charge is 0.416 e. The van der Waals surface area contributed by atoms with Gasteiger partial charge < -0.3 is 21.1 Å². The van der Waals surface area contributed by atoms with E-state index >= 15 is 0 Å². The molecule has 2 rings (SSSR count). The highest BCUT2D eigenvalue weighted by Gasteiger charge is 2.30. The number of aliphatic imine (C=N–C) groups is 1. The van der Waals surface area contributed by atoms with Crippen molar-refractivity contribution in [1.29, 1.82) is 0 Å². The lowest BCUT2D eigenvalue weighted by molar-refractivity contribution is -0.137. The Morgan fingerprint density at radius 2 is 1.90 bits per heavy atom. The van der Waals surface area contributed by atoms with Crippen molar-refractivity contribution in [2.45, 2.75) is 32.6 Å². The van der Waals surface area contributed by atoms with Crippen LogP contribution in [0.5, 0.6) is 5.75 Å². The maximum atomic E-state index is 13.0. The Morgan fingerprint density at radius 3 is 2.55 bits per heavy atom. The standard InChI is InChI=1S/C21H25F3N4O2.HI/c1-3-26-20(27-12-15-6-4-9-18(10-15)30-13-19(25)29)28-14(2)16-7-5-8-17(11-16)21(22,23)24;/h4-11,14H,3,12-13H2,1-2H3,(H2,25,29)(H2,26,27,28);1H. The van der Waals surface area contributed by atoms with E-state index in [9.17, 15) is 18.0 Å². The van der Waals surface area contributed by atoms with Gasteiger partial charge in [-0.2, -0.15) is 13.2 Å². The average Bonchev–Trinajstić information content (AvgIpc) is 2.70. The van der Waals surface area contributed by atoms with E-state index in [-0.39, 0.29) is 30.6 Å². The molecule has 2 aromatic rings. The van der Waals surface area contributed by atoms with Gasteiger partial charge in [0, 0.05) is 6.54 Å². The summed E-state index contributed by atoms with van der Waals surface area (Å²) in [5, 5.41) is 6.19. The number of halogens is 4. The van der Waals surface area contributed by atoms with Crippen molar-refractivity contribution >= 4 is 35.8 Å². The molecule has 4 N–H and O–H groups in total. The van der Waals surface area contributed by atoms with Crippen LogP contribution < -0.4 is 21.1 Å². The third-order valence-corrected chi connectivity index (χ3v) is 4.11. The zero-order chi connectivity index (χ0) is 22.1. The second-order valence-corrected chi connectivity index (χ2v) is 6.59. The lowest BCUT2D eigenvalue weighted by atomic mass is 10.1. The van der Waals surface area contributed by atoms with Crippen molar-refractivity contribution in [1.82, 2.24) is 10.6 Å². The second-order valence-electron chi connectivity index (χ2n) is 6.59. The fraction of sp³-hybridized carbons (Fsp3) is 0.333. The molecule has 10 heteroatoms. The first-order valence-electron chi connectivity index (χ1n) is 9.41. The molecular weight excluding hydrogens is 524 g/mol. The van der Waals surface area contributed by atoms with Crippen molar-refractivity contribution in [3.05, 3.63) is 65.2 Å². The van der Waals surface area contributed by atoms with E-state index in [0.29, 0.717) is 30.4 Å². The maximum absolute atomic E-state index is 13.0. The van der Waals surface area contributed by atoms with Crippen LogP contribution in [0.4, 0.5) is 13.2 Å². The maximum Gasteiger partial charge on any atom is 0.416 e. The number of nitrogens with one attached hydrogen (secondary N) is 2. The number of guanidine groups is 1. The third-order valence-electron chi connectivity index (χ3n) is 4.11. The number of amides is 1. The normalized spacial score (nSPS) is 12.5. The molecule has 0 bridgehead atoms. The number of alkyl halides is 3. The molecule has 2 aromatic carbocycles. The molecule has 0 aromatic heterocycles. The highest BCUT2D eigenvalue weighted by molar-refractivity contribution is 14.0. The molecule has 1 unspecified atom stereocenters. The zero-order valence-electron chi connectivity index (χ0n) is 17.2. The topological polar surface area (TPSA) is 88.7 Å². The summed E-state index contributed by atoms with van der Waals surface area (Å²) in [7, 11) is 0. The first-order valence-corrected chi connectivity index (χ1v) is 9.41. The molecule has 31 heavy (non-hydrogen) atoms. The lowest BCUT2D eigenvalue weighted by Gasteiger charge is -2.19. The van der Waals surface area contributed by atoms with Gasteiger partial charge in [-0.3, -0.25) is 4.79 Å². The van der Waals surface area contributed by atoms with E-state index in [0.717, 1.165) is 17.7 Å². The summed E-state index contributed by atoms with van der Waals surface area (Å²) in [6.07, 6.45) is -4.39. The minimum Gasteiger partial charge on any atom is -0.484 e. The van der Waals surface area contributed by atoms with Crippen molar-refractivity contribution in [3.63, 3.8) is 0 Å². The van der Waals surface area contributed by atoms with Crippen LogP contribution in [0.1, 0.15) is 36.6 Å². The molecule has 0 saturated carbocycles. The van der Waals surface area contributed by atoms with Crippen LogP contribution in [0.3, 0.4) is 0 Å². The molecule has 0 aliphatic heterocycles. The molecule has 0 heterocycles. The summed E-state index contributed by atoms with van der Waals surface area (Å²) in [5.41, 5.74) is 5.71. The number of ether oxygens (including phenoxy) is 1. The predicted octanol–water partition coefficient (Wildman–Crippen LogP) is 4.00. The number of nitrogens with two attached hydrogens (primary N) is 1. The molecule has 170 valence electrons. The molecule has 0 saturated heterocycles. The van der Waals surface area contributed by atoms with E-state index in [1.807, 2.05) is 13.0 Å².